The molecule has 106 valence electrons. The first-order chi connectivity index (χ1) is 9.35. The molecule has 0 radical (unpaired) electrons. The molecule has 2 aromatic heterocycles. The third-order valence-corrected chi connectivity index (χ3v) is 2.73. The molecule has 0 saturated carbocycles. The molecule has 5 heteroatoms. The molecule has 1 N–H and O–H groups in total. The molecule has 0 aliphatic heterocycles. The highest BCUT2D eigenvalue weighted by Gasteiger charge is 1.99. The van der Waals surface area contributed by atoms with Gasteiger partial charge < -0.3 is 17.7 Å². The quantitative estimate of drug-likeness (QED) is 0.730. The summed E-state index contributed by atoms with van der Waals surface area (Å²) in [5, 5.41) is 4.22. The molecule has 3 rings (SSSR count). The maximum absolute atomic E-state index is 6.88. The van der Waals surface area contributed by atoms with Crippen LogP contribution >= 0.6 is 0 Å². The molecule has 0 unspecified atom stereocenters. The van der Waals surface area contributed by atoms with Gasteiger partial charge >= 0.3 is 0 Å². The van der Waals surface area contributed by atoms with E-state index in [1.807, 2.05) is 36.4 Å². The van der Waals surface area contributed by atoms with Gasteiger partial charge in [-0.3, -0.25) is 4.98 Å². The fourth-order valence-corrected chi connectivity index (χ4v) is 1.79. The first-order valence-corrected chi connectivity index (χ1v) is 5.81. The topological polar surface area (TPSA) is 42.2 Å². The first kappa shape index (κ1) is 16.4. The van der Waals surface area contributed by atoms with E-state index < -0.39 is 0 Å². The van der Waals surface area contributed by atoms with E-state index in [-0.39, 0.29) is 19.8 Å². The van der Waals surface area contributed by atoms with Gasteiger partial charge in [-0.1, -0.05) is 31.7 Å². The molecule has 0 fully saturated rings. The Hall–Kier alpha value is -2.64. The molecule has 0 bridgehead atoms. The third kappa shape index (κ3) is 3.68. The molecule has 1 aromatic carbocycles. The van der Waals surface area contributed by atoms with E-state index in [4.69, 9.17) is 6.57 Å². The van der Waals surface area contributed by atoms with Crippen LogP contribution in [-0.4, -0.2) is 9.97 Å². The Kier molecular flexibility index (Phi) is 5.65. The highest BCUT2D eigenvalue weighted by Crippen LogP contribution is 2.19. The lowest BCUT2D eigenvalue weighted by molar-refractivity contribution is -0.00000429. The summed E-state index contributed by atoms with van der Waals surface area (Å²) < 4.78 is 0. The molecular weight excluding hydrogens is 284 g/mol. The second-order valence-electron chi connectivity index (χ2n) is 4.03. The highest BCUT2D eigenvalue weighted by molar-refractivity contribution is 5.80. The normalized spacial score (nSPS) is 9.10. The zero-order chi connectivity index (χ0) is 13.1. The summed E-state index contributed by atoms with van der Waals surface area (Å²) in [5.74, 6) is 1.41. The van der Waals surface area contributed by atoms with Crippen LogP contribution in [0.4, 0.5) is 17.3 Å². The van der Waals surface area contributed by atoms with E-state index in [9.17, 15) is 0 Å². The van der Waals surface area contributed by atoms with Gasteiger partial charge in [0.05, 0.1) is 12.1 Å². The van der Waals surface area contributed by atoms with Gasteiger partial charge in [0, 0.05) is 11.6 Å². The van der Waals surface area contributed by atoms with Gasteiger partial charge in [0.15, 0.2) is 0 Å². The van der Waals surface area contributed by atoms with Crippen molar-refractivity contribution in [1.82, 2.24) is 9.97 Å². The number of hydrogen-bond acceptors (Lipinski definition) is 3. The predicted molar refractivity (Wildman–Crippen MR) is 82.3 cm³/mol. The van der Waals surface area contributed by atoms with Crippen LogP contribution in [-0.2, 0) is 0 Å². The fraction of sp³-hybridized carbons (Fsp3) is 0.0625. The second-order valence-corrected chi connectivity index (χ2v) is 4.03. The van der Waals surface area contributed by atoms with Gasteiger partial charge in [0.2, 0.25) is 5.69 Å². The van der Waals surface area contributed by atoms with Gasteiger partial charge in [0.1, 0.15) is 11.6 Å². The maximum atomic E-state index is 6.88. The standard InChI is InChI=1S/C15H10N4.CH4.ClH/c1-16-12-7-9-14(17-10-12)19-15-8-6-11-4-2-3-5-13(11)18-15;;/h2-10H,(H,17,18,19);1H4;1H/p-1. The Labute approximate surface area is 130 Å². The summed E-state index contributed by atoms with van der Waals surface area (Å²) in [6.07, 6.45) is 1.54. The molecule has 2 heterocycles. The number of halogens is 1. The van der Waals surface area contributed by atoms with E-state index in [2.05, 4.69) is 20.1 Å². The van der Waals surface area contributed by atoms with Crippen molar-refractivity contribution in [1.29, 1.82) is 0 Å². The number of pyridine rings is 2. The van der Waals surface area contributed by atoms with Gasteiger partial charge in [0.25, 0.3) is 0 Å². The Morgan fingerprint density at radius 1 is 0.952 bits per heavy atom. The van der Waals surface area contributed by atoms with Crippen LogP contribution in [0.1, 0.15) is 7.43 Å². The van der Waals surface area contributed by atoms with Crippen molar-refractivity contribution in [2.24, 2.45) is 0 Å². The van der Waals surface area contributed by atoms with Crippen molar-refractivity contribution in [2.75, 3.05) is 5.32 Å². The molecule has 0 spiro atoms. The number of benzene rings is 1. The smallest absolute Gasteiger partial charge is 0.205 e. The average molecular weight is 298 g/mol. The van der Waals surface area contributed by atoms with E-state index in [0.717, 1.165) is 16.7 Å². The zero-order valence-electron chi connectivity index (χ0n) is 10.4. The van der Waals surface area contributed by atoms with Gasteiger partial charge in [-0.05, 0) is 24.3 Å². The second kappa shape index (κ2) is 7.22. The van der Waals surface area contributed by atoms with E-state index in [1.54, 1.807) is 12.1 Å². The summed E-state index contributed by atoms with van der Waals surface area (Å²) >= 11 is 0. The van der Waals surface area contributed by atoms with Crippen LogP contribution in [0.5, 0.6) is 0 Å². The maximum Gasteiger partial charge on any atom is 0.205 e. The van der Waals surface area contributed by atoms with Crippen molar-refractivity contribution in [2.45, 2.75) is 7.43 Å². The van der Waals surface area contributed by atoms with E-state index in [1.165, 1.54) is 6.20 Å². The van der Waals surface area contributed by atoms with Crippen molar-refractivity contribution in [3.8, 4) is 0 Å². The molecule has 0 aliphatic rings. The van der Waals surface area contributed by atoms with Crippen LogP contribution in [0.25, 0.3) is 15.7 Å². The number of para-hydroxylation sites is 1. The number of fused-ring (bicyclic) bond motifs is 1. The van der Waals surface area contributed by atoms with Gasteiger partial charge in [-0.25, -0.2) is 9.83 Å². The molecule has 21 heavy (non-hydrogen) atoms. The van der Waals surface area contributed by atoms with E-state index in [0.29, 0.717) is 11.5 Å². The van der Waals surface area contributed by atoms with Crippen LogP contribution in [0.2, 0.25) is 0 Å². The molecule has 0 atom stereocenters. The van der Waals surface area contributed by atoms with Crippen LogP contribution in [0.3, 0.4) is 0 Å². The van der Waals surface area contributed by atoms with Gasteiger partial charge in [-0.2, -0.15) is 0 Å². The summed E-state index contributed by atoms with van der Waals surface area (Å²) in [6, 6.07) is 15.4. The SMILES string of the molecule is C.[C-]#[N+]c1ccc(Nc2ccc3ccccc3n2)nc1.[Cl-]. The van der Waals surface area contributed by atoms with Crippen molar-refractivity contribution in [3.05, 3.63) is 66.1 Å². The van der Waals surface area contributed by atoms with Gasteiger partial charge in [-0.15, -0.1) is 0 Å². The minimum Gasteiger partial charge on any atom is -1.00 e. The third-order valence-electron chi connectivity index (χ3n) is 2.73. The molecule has 4 nitrogen and oxygen atoms in total. The summed E-state index contributed by atoms with van der Waals surface area (Å²) in [6.45, 7) is 6.88. The molecule has 0 amide bonds. The predicted octanol–water partition coefficient (Wildman–Crippen LogP) is 1.56. The van der Waals surface area contributed by atoms with Crippen molar-refractivity contribution in [3.63, 3.8) is 0 Å². The van der Waals surface area contributed by atoms with Crippen LogP contribution in [0.15, 0.2) is 54.7 Å². The summed E-state index contributed by atoms with van der Waals surface area (Å²) in [5.41, 5.74) is 1.46. The monoisotopic (exact) mass is 297 g/mol. The number of hydrogen-bond donors (Lipinski definition) is 1. The first-order valence-electron chi connectivity index (χ1n) is 5.81. The Balaban J connectivity index is 0.00000110. The zero-order valence-corrected chi connectivity index (χ0v) is 11.2. The Morgan fingerprint density at radius 2 is 1.71 bits per heavy atom. The van der Waals surface area contributed by atoms with Crippen LogP contribution < -0.4 is 17.7 Å². The largest absolute Gasteiger partial charge is 1.00 e. The number of anilines is 2. The molecule has 3 aromatic rings. The van der Waals surface area contributed by atoms with Crippen molar-refractivity contribution < 1.29 is 12.4 Å². The lowest BCUT2D eigenvalue weighted by Crippen LogP contribution is -3.00. The summed E-state index contributed by atoms with van der Waals surface area (Å²) in [4.78, 5) is 12.0. The molecule has 0 aliphatic carbocycles. The molecular formula is C16H14ClN4-. The molecule has 0 saturated heterocycles. The summed E-state index contributed by atoms with van der Waals surface area (Å²) in [7, 11) is 0. The van der Waals surface area contributed by atoms with Crippen LogP contribution in [0, 0.1) is 6.57 Å². The van der Waals surface area contributed by atoms with E-state index >= 15 is 0 Å². The lowest BCUT2D eigenvalue weighted by atomic mass is 10.2. The number of nitrogens with one attached hydrogen (secondary N) is 1. The number of nitrogens with zero attached hydrogens (tertiary/aromatic N) is 3. The Bertz CT molecular complexity index is 763. The average Bonchev–Trinajstić information content (AvgIpc) is 2.48. The number of aromatic nitrogens is 2. The number of rotatable bonds is 2. The Morgan fingerprint density at radius 3 is 2.43 bits per heavy atom. The minimum absolute atomic E-state index is 0. The highest BCUT2D eigenvalue weighted by atomic mass is 35.5. The van der Waals surface area contributed by atoms with Crippen molar-refractivity contribution >= 4 is 28.2 Å². The lowest BCUT2D eigenvalue weighted by Gasteiger charge is -2.05. The minimum atomic E-state index is 0. The fourth-order valence-electron chi connectivity index (χ4n) is 1.79.